The largest absolute Gasteiger partial charge is 0.516 e. The van der Waals surface area contributed by atoms with Crippen molar-refractivity contribution in [3.63, 3.8) is 0 Å². The summed E-state index contributed by atoms with van der Waals surface area (Å²) in [7, 11) is -0.425. The SMILES string of the molecule is CC1(C)OB(c2cn(-c3nccs3)cn2)OC1(C)C. The fraction of sp³-hybridized carbons (Fsp3) is 0.500. The molecular formula is C12H16BN3O2S. The highest BCUT2D eigenvalue weighted by molar-refractivity contribution is 7.12. The number of aromatic nitrogens is 3. The summed E-state index contributed by atoms with van der Waals surface area (Å²) in [5.74, 6) is 0. The molecule has 3 heterocycles. The molecule has 19 heavy (non-hydrogen) atoms. The predicted octanol–water partition coefficient (Wildman–Crippen LogP) is 1.63. The molecule has 2 aromatic rings. The van der Waals surface area contributed by atoms with Gasteiger partial charge in [-0.2, -0.15) is 0 Å². The van der Waals surface area contributed by atoms with E-state index in [-0.39, 0.29) is 11.2 Å². The average molecular weight is 277 g/mol. The van der Waals surface area contributed by atoms with Crippen molar-refractivity contribution in [2.45, 2.75) is 38.9 Å². The van der Waals surface area contributed by atoms with Crippen molar-refractivity contribution in [1.82, 2.24) is 14.5 Å². The molecule has 7 heteroatoms. The molecule has 3 rings (SSSR count). The van der Waals surface area contributed by atoms with E-state index < -0.39 is 7.12 Å². The third kappa shape index (κ3) is 2.11. The lowest BCUT2D eigenvalue weighted by Gasteiger charge is -2.32. The molecule has 1 saturated heterocycles. The third-order valence-electron chi connectivity index (χ3n) is 3.74. The van der Waals surface area contributed by atoms with Crippen molar-refractivity contribution in [1.29, 1.82) is 0 Å². The van der Waals surface area contributed by atoms with E-state index in [1.165, 1.54) is 0 Å². The van der Waals surface area contributed by atoms with E-state index in [0.29, 0.717) is 0 Å². The number of nitrogens with zero attached hydrogens (tertiary/aromatic N) is 3. The van der Waals surface area contributed by atoms with E-state index in [1.807, 2.05) is 43.8 Å². The van der Waals surface area contributed by atoms with Crippen LogP contribution in [0, 0.1) is 0 Å². The zero-order valence-electron chi connectivity index (χ0n) is 11.5. The molecule has 0 saturated carbocycles. The molecule has 1 fully saturated rings. The van der Waals surface area contributed by atoms with Crippen LogP contribution < -0.4 is 5.59 Å². The van der Waals surface area contributed by atoms with Crippen molar-refractivity contribution >= 4 is 24.0 Å². The van der Waals surface area contributed by atoms with E-state index in [1.54, 1.807) is 23.9 Å². The highest BCUT2D eigenvalue weighted by atomic mass is 32.1. The van der Waals surface area contributed by atoms with Gasteiger partial charge in [-0.15, -0.1) is 11.3 Å². The maximum absolute atomic E-state index is 5.97. The molecule has 0 amide bonds. The number of imidazole rings is 1. The van der Waals surface area contributed by atoms with Gasteiger partial charge in [0.1, 0.15) is 6.33 Å². The standard InChI is InChI=1S/C12H16BN3O2S/c1-11(2)12(3,4)18-13(17-11)9-7-16(8-15-9)10-14-5-6-19-10/h5-8H,1-4H3. The molecule has 0 aromatic carbocycles. The summed E-state index contributed by atoms with van der Waals surface area (Å²) in [5.41, 5.74) is 0.0829. The highest BCUT2D eigenvalue weighted by Gasteiger charge is 2.52. The van der Waals surface area contributed by atoms with Gasteiger partial charge in [-0.3, -0.25) is 4.57 Å². The van der Waals surface area contributed by atoms with Gasteiger partial charge in [0.2, 0.25) is 0 Å². The second-order valence-corrected chi connectivity index (χ2v) is 6.48. The Hall–Kier alpha value is -1.18. The van der Waals surface area contributed by atoms with Crippen molar-refractivity contribution in [2.24, 2.45) is 0 Å². The fourth-order valence-electron chi connectivity index (χ4n) is 1.87. The van der Waals surface area contributed by atoms with Crippen molar-refractivity contribution in [3.8, 4) is 5.13 Å². The molecule has 0 spiro atoms. The summed E-state index contributed by atoms with van der Waals surface area (Å²) in [6.45, 7) is 8.13. The van der Waals surface area contributed by atoms with E-state index in [2.05, 4.69) is 9.97 Å². The summed E-state index contributed by atoms with van der Waals surface area (Å²) in [6, 6.07) is 0. The van der Waals surface area contributed by atoms with Crippen LogP contribution in [0.3, 0.4) is 0 Å². The lowest BCUT2D eigenvalue weighted by Crippen LogP contribution is -2.41. The predicted molar refractivity (Wildman–Crippen MR) is 75.0 cm³/mol. The normalized spacial score (nSPS) is 20.9. The Morgan fingerprint density at radius 3 is 2.42 bits per heavy atom. The summed E-state index contributed by atoms with van der Waals surface area (Å²) in [4.78, 5) is 8.61. The van der Waals surface area contributed by atoms with E-state index >= 15 is 0 Å². The first-order chi connectivity index (χ1) is 8.89. The van der Waals surface area contributed by atoms with Crippen LogP contribution in [0.2, 0.25) is 0 Å². The Morgan fingerprint density at radius 1 is 1.16 bits per heavy atom. The Kier molecular flexibility index (Phi) is 2.81. The molecule has 0 bridgehead atoms. The number of hydrogen-bond donors (Lipinski definition) is 0. The van der Waals surface area contributed by atoms with Gasteiger partial charge in [-0.1, -0.05) is 0 Å². The molecule has 0 radical (unpaired) electrons. The first kappa shape index (κ1) is 12.8. The molecule has 0 atom stereocenters. The fourth-order valence-corrected chi connectivity index (χ4v) is 2.46. The molecule has 2 aromatic heterocycles. The number of thiazole rings is 1. The maximum atomic E-state index is 5.97. The molecule has 5 nitrogen and oxygen atoms in total. The molecule has 1 aliphatic heterocycles. The topological polar surface area (TPSA) is 49.2 Å². The Bertz CT molecular complexity index is 564. The zero-order chi connectivity index (χ0) is 13.7. The minimum absolute atomic E-state index is 0.345. The van der Waals surface area contributed by atoms with Gasteiger partial charge in [-0.25, -0.2) is 9.97 Å². The average Bonchev–Trinajstić information content (AvgIpc) is 3.00. The minimum atomic E-state index is -0.425. The first-order valence-corrected chi connectivity index (χ1v) is 7.06. The van der Waals surface area contributed by atoms with E-state index in [4.69, 9.17) is 9.31 Å². The zero-order valence-corrected chi connectivity index (χ0v) is 12.3. The van der Waals surface area contributed by atoms with Gasteiger partial charge in [0, 0.05) is 17.8 Å². The second-order valence-electron chi connectivity index (χ2n) is 5.61. The van der Waals surface area contributed by atoms with Gasteiger partial charge in [0.05, 0.1) is 16.8 Å². The molecule has 0 aliphatic carbocycles. The monoisotopic (exact) mass is 277 g/mol. The summed E-state index contributed by atoms with van der Waals surface area (Å²) >= 11 is 1.56. The van der Waals surface area contributed by atoms with Crippen LogP contribution in [-0.4, -0.2) is 32.9 Å². The Balaban J connectivity index is 1.85. The van der Waals surface area contributed by atoms with Crippen molar-refractivity contribution in [3.05, 3.63) is 24.1 Å². The van der Waals surface area contributed by atoms with Gasteiger partial charge in [0.25, 0.3) is 0 Å². The lowest BCUT2D eigenvalue weighted by atomic mass is 9.86. The Morgan fingerprint density at radius 2 is 1.84 bits per heavy atom. The van der Waals surface area contributed by atoms with Gasteiger partial charge >= 0.3 is 7.12 Å². The molecular weight excluding hydrogens is 261 g/mol. The van der Waals surface area contributed by atoms with Crippen LogP contribution in [0.5, 0.6) is 0 Å². The smallest absolute Gasteiger partial charge is 0.398 e. The van der Waals surface area contributed by atoms with Crippen LogP contribution >= 0.6 is 11.3 Å². The lowest BCUT2D eigenvalue weighted by molar-refractivity contribution is 0.00578. The summed E-state index contributed by atoms with van der Waals surface area (Å²) in [5, 5.41) is 2.82. The summed E-state index contributed by atoms with van der Waals surface area (Å²) in [6.07, 6.45) is 5.41. The number of hydrogen-bond acceptors (Lipinski definition) is 5. The second kappa shape index (κ2) is 4.16. The first-order valence-electron chi connectivity index (χ1n) is 6.18. The van der Waals surface area contributed by atoms with Crippen molar-refractivity contribution in [2.75, 3.05) is 0 Å². The summed E-state index contributed by atoms with van der Waals surface area (Å²) < 4.78 is 13.8. The highest BCUT2D eigenvalue weighted by Crippen LogP contribution is 2.36. The van der Waals surface area contributed by atoms with Crippen LogP contribution in [-0.2, 0) is 9.31 Å². The molecule has 0 N–H and O–H groups in total. The minimum Gasteiger partial charge on any atom is -0.398 e. The van der Waals surface area contributed by atoms with Crippen LogP contribution in [0.4, 0.5) is 0 Å². The van der Waals surface area contributed by atoms with Crippen molar-refractivity contribution < 1.29 is 9.31 Å². The molecule has 100 valence electrons. The third-order valence-corrected chi connectivity index (χ3v) is 4.52. The van der Waals surface area contributed by atoms with Crippen LogP contribution in [0.25, 0.3) is 5.13 Å². The molecule has 1 aliphatic rings. The van der Waals surface area contributed by atoms with Crippen LogP contribution in [0.15, 0.2) is 24.1 Å². The quantitative estimate of drug-likeness (QED) is 0.783. The molecule has 0 unspecified atom stereocenters. The van der Waals surface area contributed by atoms with Crippen LogP contribution in [0.1, 0.15) is 27.7 Å². The Labute approximate surface area is 116 Å². The van der Waals surface area contributed by atoms with E-state index in [0.717, 1.165) is 10.7 Å². The van der Waals surface area contributed by atoms with Gasteiger partial charge in [-0.05, 0) is 27.7 Å². The van der Waals surface area contributed by atoms with Gasteiger partial charge < -0.3 is 9.31 Å². The maximum Gasteiger partial charge on any atom is 0.516 e. The number of rotatable bonds is 2. The van der Waals surface area contributed by atoms with E-state index in [9.17, 15) is 0 Å². The van der Waals surface area contributed by atoms with Gasteiger partial charge in [0.15, 0.2) is 5.13 Å².